The zero-order valence-corrected chi connectivity index (χ0v) is 11.3. The van der Waals surface area contributed by atoms with Gasteiger partial charge in [0.15, 0.2) is 5.69 Å². The molecule has 0 aliphatic carbocycles. The molecule has 1 aromatic heterocycles. The second kappa shape index (κ2) is 4.72. The molecule has 3 aromatic rings. The molecule has 20 heavy (non-hydrogen) atoms. The summed E-state index contributed by atoms with van der Waals surface area (Å²) in [7, 11) is 0. The molecule has 1 heterocycles. The summed E-state index contributed by atoms with van der Waals surface area (Å²) in [6, 6.07) is 10.9. The van der Waals surface area contributed by atoms with Crippen LogP contribution in [-0.4, -0.2) is 15.2 Å². The molecule has 1 unspecified atom stereocenters. The summed E-state index contributed by atoms with van der Waals surface area (Å²) in [4.78, 5) is 7.71. The van der Waals surface area contributed by atoms with Crippen molar-refractivity contribution in [2.45, 2.75) is 13.8 Å². The molecule has 3 N–H and O–H groups in total. The average molecular weight is 269 g/mol. The number of nitrogens with one attached hydrogen (secondary N) is 2. The van der Waals surface area contributed by atoms with Gasteiger partial charge in [-0.3, -0.25) is 0 Å². The molecule has 0 saturated carbocycles. The number of imidazole rings is 1. The minimum absolute atomic E-state index is 0.250. The third-order valence-corrected chi connectivity index (χ3v) is 3.51. The van der Waals surface area contributed by atoms with Crippen molar-refractivity contribution >= 4 is 16.7 Å². The fourth-order valence-corrected chi connectivity index (χ4v) is 2.27. The molecule has 0 radical (unpaired) electrons. The average Bonchev–Trinajstić information content (AvgIpc) is 2.82. The second-order valence-corrected chi connectivity index (χ2v) is 4.89. The molecule has 5 nitrogen and oxygen atoms in total. The van der Waals surface area contributed by atoms with Crippen molar-refractivity contribution in [3.63, 3.8) is 0 Å². The number of aromatic nitrogens is 2. The second-order valence-electron chi connectivity index (χ2n) is 4.89. The summed E-state index contributed by atoms with van der Waals surface area (Å²) in [6.07, 6.45) is 0. The van der Waals surface area contributed by atoms with Gasteiger partial charge in [0.05, 0.1) is 16.6 Å². The highest BCUT2D eigenvalue weighted by Crippen LogP contribution is 2.26. The lowest BCUT2D eigenvalue weighted by Crippen LogP contribution is -2.99. The Morgan fingerprint density at radius 1 is 1.15 bits per heavy atom. The van der Waals surface area contributed by atoms with Crippen molar-refractivity contribution < 1.29 is 10.4 Å². The summed E-state index contributed by atoms with van der Waals surface area (Å²) < 4.78 is 0. The zero-order valence-electron chi connectivity index (χ0n) is 11.3. The Kier molecular flexibility index (Phi) is 3.02. The van der Waals surface area contributed by atoms with Crippen molar-refractivity contribution in [2.75, 3.05) is 0 Å². The summed E-state index contributed by atoms with van der Waals surface area (Å²) in [5.74, 6) is 0.586. The van der Waals surface area contributed by atoms with E-state index in [1.165, 1.54) is 11.1 Å². The molecule has 3 rings (SSSR count). The Balaban J connectivity index is 2.20. The maximum atomic E-state index is 11.3. The van der Waals surface area contributed by atoms with Crippen LogP contribution in [0.5, 0.6) is 0 Å². The quantitative estimate of drug-likeness (QED) is 0.624. The lowest BCUT2D eigenvalue weighted by Gasteiger charge is -2.14. The Bertz CT molecular complexity index is 739. The van der Waals surface area contributed by atoms with Gasteiger partial charge in [0.1, 0.15) is 5.82 Å². The number of aromatic amines is 1. The standard InChI is InChI=1S/C15H15N3O2/c1-9-7-12-13(8-10(9)2)17-15(16-12)11-5-3-4-6-14(11)18(19)20/h3-8,18-19H,1-2H3,(H,16,17). The Morgan fingerprint density at radius 3 is 2.60 bits per heavy atom. The van der Waals surface area contributed by atoms with Crippen molar-refractivity contribution in [3.8, 4) is 11.4 Å². The van der Waals surface area contributed by atoms with Gasteiger partial charge in [-0.2, -0.15) is 5.23 Å². The van der Waals surface area contributed by atoms with Crippen LogP contribution in [0.2, 0.25) is 0 Å². The van der Waals surface area contributed by atoms with Crippen LogP contribution in [0.15, 0.2) is 36.4 Å². The van der Waals surface area contributed by atoms with Crippen molar-refractivity contribution in [1.82, 2.24) is 9.97 Å². The van der Waals surface area contributed by atoms with Gasteiger partial charge < -0.3 is 10.2 Å². The fourth-order valence-electron chi connectivity index (χ4n) is 2.27. The van der Waals surface area contributed by atoms with Crippen LogP contribution in [0.1, 0.15) is 11.1 Å². The third kappa shape index (κ3) is 2.08. The van der Waals surface area contributed by atoms with Gasteiger partial charge in [0.2, 0.25) is 0 Å². The summed E-state index contributed by atoms with van der Waals surface area (Å²) in [5, 5.41) is 19.6. The number of H-pyrrole nitrogens is 1. The molecular weight excluding hydrogens is 254 g/mol. The molecule has 0 saturated heterocycles. The van der Waals surface area contributed by atoms with E-state index in [9.17, 15) is 10.4 Å². The predicted octanol–water partition coefficient (Wildman–Crippen LogP) is 2.25. The molecule has 0 spiro atoms. The van der Waals surface area contributed by atoms with Crippen LogP contribution in [0, 0.1) is 19.1 Å². The van der Waals surface area contributed by atoms with Gasteiger partial charge in [-0.25, -0.2) is 10.2 Å². The lowest BCUT2D eigenvalue weighted by atomic mass is 10.1. The van der Waals surface area contributed by atoms with E-state index in [0.29, 0.717) is 11.4 Å². The van der Waals surface area contributed by atoms with E-state index < -0.39 is 5.23 Å². The van der Waals surface area contributed by atoms with E-state index in [1.54, 1.807) is 18.2 Å². The molecule has 0 amide bonds. The molecule has 102 valence electrons. The highest BCUT2D eigenvalue weighted by Gasteiger charge is 2.14. The first-order valence-electron chi connectivity index (χ1n) is 6.36. The molecule has 1 atom stereocenters. The van der Waals surface area contributed by atoms with E-state index in [2.05, 4.69) is 9.97 Å². The SMILES string of the molecule is Cc1cc2nc(-c3ccccc3[NH+]([O-])O)[nH]c2cc1C. The number of nitrogens with zero attached hydrogens (tertiary/aromatic N) is 1. The number of benzene rings is 2. The maximum absolute atomic E-state index is 11.3. The number of hydrogen-bond acceptors (Lipinski definition) is 3. The van der Waals surface area contributed by atoms with Gasteiger partial charge in [-0.15, -0.1) is 0 Å². The van der Waals surface area contributed by atoms with Crippen molar-refractivity contribution in [2.24, 2.45) is 0 Å². The topological polar surface area (TPSA) is 76.4 Å². The predicted molar refractivity (Wildman–Crippen MR) is 76.8 cm³/mol. The van der Waals surface area contributed by atoms with E-state index in [0.717, 1.165) is 11.0 Å². The molecule has 2 aromatic carbocycles. The number of fused-ring (bicyclic) bond motifs is 1. The van der Waals surface area contributed by atoms with Gasteiger partial charge in [0.25, 0.3) is 0 Å². The van der Waals surface area contributed by atoms with E-state index in [1.807, 2.05) is 32.0 Å². The molecule has 0 aliphatic heterocycles. The van der Waals surface area contributed by atoms with Crippen LogP contribution in [0.3, 0.4) is 0 Å². The molecule has 5 heteroatoms. The number of aryl methyl sites for hydroxylation is 2. The minimum atomic E-state index is -0.951. The lowest BCUT2D eigenvalue weighted by molar-refractivity contribution is -0.991. The Labute approximate surface area is 116 Å². The van der Waals surface area contributed by atoms with Crippen LogP contribution in [-0.2, 0) is 0 Å². The van der Waals surface area contributed by atoms with Gasteiger partial charge in [0, 0.05) is 6.07 Å². The number of para-hydroxylation sites is 1. The first-order chi connectivity index (χ1) is 9.56. The first kappa shape index (κ1) is 12.8. The molecule has 0 bridgehead atoms. The minimum Gasteiger partial charge on any atom is -0.595 e. The highest BCUT2D eigenvalue weighted by atomic mass is 16.8. The van der Waals surface area contributed by atoms with Crippen molar-refractivity contribution in [1.29, 1.82) is 0 Å². The van der Waals surface area contributed by atoms with Crippen LogP contribution in [0.25, 0.3) is 22.4 Å². The van der Waals surface area contributed by atoms with E-state index in [4.69, 9.17) is 0 Å². The largest absolute Gasteiger partial charge is 0.595 e. The zero-order chi connectivity index (χ0) is 14.3. The number of quaternary nitrogens is 1. The van der Waals surface area contributed by atoms with Crippen LogP contribution >= 0.6 is 0 Å². The number of rotatable bonds is 2. The Morgan fingerprint density at radius 2 is 1.85 bits per heavy atom. The molecular formula is C15H15N3O2. The fraction of sp³-hybridized carbons (Fsp3) is 0.133. The van der Waals surface area contributed by atoms with Crippen LogP contribution < -0.4 is 5.23 Å². The van der Waals surface area contributed by atoms with Crippen LogP contribution in [0.4, 0.5) is 5.69 Å². The van der Waals surface area contributed by atoms with E-state index in [-0.39, 0.29) is 5.69 Å². The van der Waals surface area contributed by atoms with Gasteiger partial charge in [-0.05, 0) is 43.2 Å². The Hall–Kier alpha value is -2.21. The van der Waals surface area contributed by atoms with Gasteiger partial charge >= 0.3 is 0 Å². The summed E-state index contributed by atoms with van der Waals surface area (Å²) >= 11 is 0. The smallest absolute Gasteiger partial charge is 0.174 e. The number of hydrogen-bond donors (Lipinski definition) is 3. The maximum Gasteiger partial charge on any atom is 0.174 e. The van der Waals surface area contributed by atoms with Gasteiger partial charge in [-0.1, -0.05) is 12.1 Å². The monoisotopic (exact) mass is 269 g/mol. The molecule has 0 fully saturated rings. The molecule has 0 aliphatic rings. The highest BCUT2D eigenvalue weighted by molar-refractivity contribution is 5.82. The summed E-state index contributed by atoms with van der Waals surface area (Å²) in [5.41, 5.74) is 4.97. The third-order valence-electron chi connectivity index (χ3n) is 3.51. The normalized spacial score (nSPS) is 12.8. The van der Waals surface area contributed by atoms with E-state index >= 15 is 0 Å². The summed E-state index contributed by atoms with van der Waals surface area (Å²) in [6.45, 7) is 4.08. The first-order valence-corrected chi connectivity index (χ1v) is 6.36. The van der Waals surface area contributed by atoms with Crippen molar-refractivity contribution in [3.05, 3.63) is 52.7 Å².